The van der Waals surface area contributed by atoms with E-state index in [1.165, 1.54) is 13.0 Å². The molecule has 1 heterocycles. The number of benzene rings is 3. The number of aliphatic carboxylic acids is 1. The van der Waals surface area contributed by atoms with Crippen LogP contribution in [0.4, 0.5) is 0 Å². The monoisotopic (exact) mass is 610 g/mol. The first-order chi connectivity index (χ1) is 19.9. The summed E-state index contributed by atoms with van der Waals surface area (Å²) >= 11 is 0. The number of aryl methyl sites for hydroxylation is 1. The van der Waals surface area contributed by atoms with E-state index in [-0.39, 0.29) is 17.8 Å². The van der Waals surface area contributed by atoms with Crippen molar-refractivity contribution in [3.05, 3.63) is 131 Å². The number of nitrogens with one attached hydrogen (secondary N) is 2. The van der Waals surface area contributed by atoms with Crippen molar-refractivity contribution in [2.75, 3.05) is 6.54 Å². The third-order valence-corrected chi connectivity index (χ3v) is 9.25. The number of sulfonamides is 2. The van der Waals surface area contributed by atoms with Crippen LogP contribution in [0.15, 0.2) is 114 Å². The van der Waals surface area contributed by atoms with Crippen LogP contribution in [-0.4, -0.2) is 45.0 Å². The number of carboxylic acid groups (broad SMARTS) is 1. The lowest BCUT2D eigenvalue weighted by Crippen LogP contribution is -2.66. The molecule has 0 radical (unpaired) electrons. The van der Waals surface area contributed by atoms with Crippen LogP contribution in [0.2, 0.25) is 0 Å². The third kappa shape index (κ3) is 7.79. The second kappa shape index (κ2) is 12.8. The predicted octanol–water partition coefficient (Wildman–Crippen LogP) is 3.37. The highest BCUT2D eigenvalue weighted by atomic mass is 32.2. The molecule has 1 amide bonds. The SMILES string of the molecule is CC1=CC(CCc2ccccc2)=C(NS(=O)(=O)Cc2ccccc2)C(=O)[N+]1(CC(=O)O)NS(=O)(=O)Cc1ccccc1. The molecule has 42 heavy (non-hydrogen) atoms. The summed E-state index contributed by atoms with van der Waals surface area (Å²) in [6.45, 7) is 0.467. The molecule has 3 aromatic rings. The second-order valence-corrected chi connectivity index (χ2v) is 13.4. The third-order valence-electron chi connectivity index (χ3n) is 6.72. The van der Waals surface area contributed by atoms with Crippen molar-refractivity contribution < 1.29 is 36.1 Å². The van der Waals surface area contributed by atoms with E-state index in [1.54, 1.807) is 60.7 Å². The van der Waals surface area contributed by atoms with Crippen molar-refractivity contribution in [1.29, 1.82) is 0 Å². The molecule has 1 unspecified atom stereocenters. The van der Waals surface area contributed by atoms with Gasteiger partial charge in [-0.25, -0.2) is 26.4 Å². The topological polar surface area (TPSA) is 147 Å². The van der Waals surface area contributed by atoms with Gasteiger partial charge < -0.3 is 5.11 Å². The van der Waals surface area contributed by atoms with Crippen LogP contribution in [0, 0.1) is 0 Å². The number of allylic oxidation sites excluding steroid dienone is 3. The second-order valence-electron chi connectivity index (χ2n) is 10.0. The lowest BCUT2D eigenvalue weighted by atomic mass is 9.98. The number of amides is 1. The maximum absolute atomic E-state index is 14.2. The molecule has 1 aliphatic rings. The highest BCUT2D eigenvalue weighted by Crippen LogP contribution is 2.31. The van der Waals surface area contributed by atoms with Gasteiger partial charge in [0.05, 0.1) is 11.5 Å². The average Bonchev–Trinajstić information content (AvgIpc) is 2.93. The molecule has 3 N–H and O–H groups in total. The zero-order valence-corrected chi connectivity index (χ0v) is 24.6. The Balaban J connectivity index is 1.75. The van der Waals surface area contributed by atoms with Gasteiger partial charge in [0.1, 0.15) is 5.70 Å². The predicted molar refractivity (Wildman–Crippen MR) is 158 cm³/mol. The molecule has 220 valence electrons. The highest BCUT2D eigenvalue weighted by Gasteiger charge is 2.51. The summed E-state index contributed by atoms with van der Waals surface area (Å²) < 4.78 is 54.3. The van der Waals surface area contributed by atoms with Gasteiger partial charge in [0, 0.05) is 13.0 Å². The molecule has 0 aliphatic carbocycles. The molecule has 1 aliphatic heterocycles. The Morgan fingerprint density at radius 2 is 1.21 bits per heavy atom. The van der Waals surface area contributed by atoms with Crippen LogP contribution in [0.25, 0.3) is 0 Å². The van der Waals surface area contributed by atoms with Crippen molar-refractivity contribution in [2.45, 2.75) is 31.3 Å². The molecular formula is C30H32N3O7S2+. The Morgan fingerprint density at radius 3 is 1.71 bits per heavy atom. The Bertz CT molecular complexity index is 1720. The van der Waals surface area contributed by atoms with Crippen LogP contribution in [0.1, 0.15) is 30.0 Å². The zero-order valence-electron chi connectivity index (χ0n) is 22.9. The van der Waals surface area contributed by atoms with Crippen LogP contribution >= 0.6 is 0 Å². The van der Waals surface area contributed by atoms with Crippen LogP contribution in [-0.2, 0) is 47.6 Å². The van der Waals surface area contributed by atoms with E-state index >= 15 is 0 Å². The van der Waals surface area contributed by atoms with Gasteiger partial charge in [0.15, 0.2) is 5.70 Å². The van der Waals surface area contributed by atoms with E-state index in [2.05, 4.69) is 9.55 Å². The van der Waals surface area contributed by atoms with Gasteiger partial charge in [-0.2, -0.15) is 0 Å². The standard InChI is InChI=1S/C30H31N3O7S2/c1-23-19-27(18-17-24-11-5-2-6-12-24)29(31-41(37,38)21-25-13-7-3-8-14-25)30(36)33(23,20-28(34)35)32-42(39,40)22-26-15-9-4-10-16-26/h2-16,19,31-32H,17-18,20-22H2,1H3/p+1. The lowest BCUT2D eigenvalue weighted by Gasteiger charge is -2.36. The van der Waals surface area contributed by atoms with Crippen molar-refractivity contribution in [3.63, 3.8) is 0 Å². The van der Waals surface area contributed by atoms with E-state index in [0.717, 1.165) is 5.56 Å². The minimum atomic E-state index is -4.30. The van der Waals surface area contributed by atoms with Gasteiger partial charge in [-0.15, -0.1) is 4.59 Å². The van der Waals surface area contributed by atoms with Crippen molar-refractivity contribution in [1.82, 2.24) is 9.55 Å². The van der Waals surface area contributed by atoms with Crippen LogP contribution in [0.5, 0.6) is 0 Å². The molecular weight excluding hydrogens is 578 g/mol. The first kappa shape index (κ1) is 30.8. The van der Waals surface area contributed by atoms with Gasteiger partial charge in [-0.05, 0) is 39.9 Å². The normalized spacial score (nSPS) is 17.5. The molecule has 4 rings (SSSR count). The molecule has 0 fully saturated rings. The van der Waals surface area contributed by atoms with Crippen LogP contribution in [0.3, 0.4) is 0 Å². The lowest BCUT2D eigenvalue weighted by molar-refractivity contribution is -0.838. The van der Waals surface area contributed by atoms with Gasteiger partial charge >= 0.3 is 11.9 Å². The number of carbonyl (C=O) groups is 2. The minimum absolute atomic E-state index is 0.0908. The van der Waals surface area contributed by atoms with E-state index < -0.39 is 54.6 Å². The number of carbonyl (C=O) groups excluding carboxylic acids is 1. The molecule has 0 saturated heterocycles. The largest absolute Gasteiger partial charge is 0.477 e. The number of hydrogen-bond acceptors (Lipinski definition) is 6. The van der Waals surface area contributed by atoms with Gasteiger partial charge in [-0.1, -0.05) is 91.0 Å². The number of nitrogens with zero attached hydrogens (tertiary/aromatic N) is 1. The van der Waals surface area contributed by atoms with Crippen molar-refractivity contribution in [2.24, 2.45) is 0 Å². The smallest absolute Gasteiger partial charge is 0.388 e. The Kier molecular flexibility index (Phi) is 9.42. The van der Waals surface area contributed by atoms with Crippen LogP contribution < -0.4 is 9.55 Å². The maximum atomic E-state index is 14.2. The highest BCUT2D eigenvalue weighted by molar-refractivity contribution is 7.89. The van der Waals surface area contributed by atoms with E-state index in [0.29, 0.717) is 23.1 Å². The molecule has 10 nitrogen and oxygen atoms in total. The number of quaternary nitrogens is 1. The molecule has 12 heteroatoms. The summed E-state index contributed by atoms with van der Waals surface area (Å²) in [5.41, 5.74) is 1.87. The van der Waals surface area contributed by atoms with E-state index in [4.69, 9.17) is 0 Å². The molecule has 0 saturated carbocycles. The van der Waals surface area contributed by atoms with Gasteiger partial charge in [-0.3, -0.25) is 4.72 Å². The zero-order chi connectivity index (χ0) is 30.4. The molecule has 0 aromatic heterocycles. The average molecular weight is 611 g/mol. The Hall–Kier alpha value is -4.10. The number of carboxylic acids is 1. The molecule has 0 spiro atoms. The molecule has 0 bridgehead atoms. The number of hydrogen-bond donors (Lipinski definition) is 3. The van der Waals surface area contributed by atoms with Crippen molar-refractivity contribution in [3.8, 4) is 0 Å². The van der Waals surface area contributed by atoms with Gasteiger partial charge in [0.2, 0.25) is 16.6 Å². The Morgan fingerprint density at radius 1 is 0.738 bits per heavy atom. The molecule has 3 aromatic carbocycles. The Labute approximate surface area is 245 Å². The number of rotatable bonds is 13. The fraction of sp³-hybridized carbons (Fsp3) is 0.200. The quantitative estimate of drug-likeness (QED) is 0.252. The fourth-order valence-corrected chi connectivity index (χ4v) is 7.44. The summed E-state index contributed by atoms with van der Waals surface area (Å²) in [4.78, 5) is 28.6. The summed E-state index contributed by atoms with van der Waals surface area (Å²) in [5, 5.41) is 9.80. The summed E-state index contributed by atoms with van der Waals surface area (Å²) in [5.74, 6) is -3.46. The minimum Gasteiger partial charge on any atom is -0.477 e. The first-order valence-corrected chi connectivity index (χ1v) is 16.4. The molecule has 1 atom stereocenters. The summed E-state index contributed by atoms with van der Waals surface area (Å²) in [6, 6.07) is 25.9. The summed E-state index contributed by atoms with van der Waals surface area (Å²) in [6.07, 6.45) is 2.18. The maximum Gasteiger partial charge on any atom is 0.388 e. The van der Waals surface area contributed by atoms with E-state index in [9.17, 15) is 31.5 Å². The van der Waals surface area contributed by atoms with Gasteiger partial charge in [0.25, 0.3) is 10.0 Å². The fourth-order valence-electron chi connectivity index (χ4n) is 4.75. The van der Waals surface area contributed by atoms with Crippen molar-refractivity contribution >= 4 is 31.9 Å². The first-order valence-electron chi connectivity index (χ1n) is 13.1. The summed E-state index contributed by atoms with van der Waals surface area (Å²) in [7, 11) is -8.46. The van der Waals surface area contributed by atoms with E-state index in [1.807, 2.05) is 30.3 Å².